The molecule has 1 N–H and O–H groups in total. The molecule has 0 aliphatic carbocycles. The van der Waals surface area contributed by atoms with Crippen LogP contribution in [0.25, 0.3) is 0 Å². The smallest absolute Gasteiger partial charge is 0.260 e. The first-order valence-corrected chi connectivity index (χ1v) is 6.52. The van der Waals surface area contributed by atoms with E-state index in [1.807, 2.05) is 19.9 Å². The number of carbonyl (C=O) groups excluding carboxylic acids is 1. The van der Waals surface area contributed by atoms with Gasteiger partial charge in [0.15, 0.2) is 6.10 Å². The average molecular weight is 281 g/mol. The number of rotatable bonds is 5. The minimum absolute atomic E-state index is 0.0911. The third kappa shape index (κ3) is 4.46. The van der Waals surface area contributed by atoms with Crippen LogP contribution in [-0.4, -0.2) is 18.1 Å². The van der Waals surface area contributed by atoms with Gasteiger partial charge < -0.3 is 10.1 Å². The summed E-state index contributed by atoms with van der Waals surface area (Å²) in [5, 5.41) is 12.3. The molecule has 4 nitrogen and oxygen atoms in total. The van der Waals surface area contributed by atoms with Crippen molar-refractivity contribution in [2.75, 3.05) is 0 Å². The molecule has 0 aliphatic heterocycles. The zero-order valence-corrected chi connectivity index (χ0v) is 12.0. The van der Waals surface area contributed by atoms with E-state index in [1.54, 1.807) is 19.1 Å². The summed E-state index contributed by atoms with van der Waals surface area (Å²) in [6.45, 7) is 5.55. The van der Waals surface area contributed by atoms with Crippen molar-refractivity contribution in [1.29, 1.82) is 5.26 Å². The Balaban J connectivity index is 2.77. The fraction of sp³-hybridized carbons (Fsp3) is 0.429. The topological polar surface area (TPSA) is 62.1 Å². The Hall–Kier alpha value is -1.73. The molecular formula is C14H17ClN2O2. The fourth-order valence-corrected chi connectivity index (χ4v) is 1.55. The Bertz CT molecular complexity index is 497. The zero-order valence-electron chi connectivity index (χ0n) is 11.2. The number of hydrogen-bond acceptors (Lipinski definition) is 3. The number of ether oxygens (including phenoxy) is 1. The standard InChI is InChI=1S/C14H17ClN2O2/c1-4-9(2)17-14(18)10(3)19-13-7-12(15)6-5-11(13)8-16/h5-7,9-10H,4H2,1-3H3,(H,17,18). The van der Waals surface area contributed by atoms with Crippen LogP contribution in [0.3, 0.4) is 0 Å². The van der Waals surface area contributed by atoms with Gasteiger partial charge in [-0.2, -0.15) is 5.26 Å². The van der Waals surface area contributed by atoms with E-state index in [-0.39, 0.29) is 11.9 Å². The van der Waals surface area contributed by atoms with Gasteiger partial charge in [-0.3, -0.25) is 4.79 Å². The number of benzene rings is 1. The molecule has 5 heteroatoms. The Morgan fingerprint density at radius 2 is 2.21 bits per heavy atom. The number of amides is 1. The summed E-state index contributed by atoms with van der Waals surface area (Å²) in [5.41, 5.74) is 0.354. The van der Waals surface area contributed by atoms with E-state index in [4.69, 9.17) is 21.6 Å². The summed E-state index contributed by atoms with van der Waals surface area (Å²) in [7, 11) is 0. The van der Waals surface area contributed by atoms with Crippen LogP contribution < -0.4 is 10.1 Å². The van der Waals surface area contributed by atoms with E-state index in [9.17, 15) is 4.79 Å². The molecule has 1 amide bonds. The molecule has 2 atom stereocenters. The van der Waals surface area contributed by atoms with Crippen LogP contribution in [0.4, 0.5) is 0 Å². The SMILES string of the molecule is CCC(C)NC(=O)C(C)Oc1cc(Cl)ccc1C#N. The van der Waals surface area contributed by atoms with Crippen LogP contribution in [0.15, 0.2) is 18.2 Å². The van der Waals surface area contributed by atoms with Crippen molar-refractivity contribution in [2.45, 2.75) is 39.3 Å². The van der Waals surface area contributed by atoms with E-state index in [0.29, 0.717) is 16.3 Å². The maximum atomic E-state index is 11.8. The lowest BCUT2D eigenvalue weighted by atomic mass is 10.2. The Labute approximate surface area is 118 Å². The van der Waals surface area contributed by atoms with Crippen molar-refractivity contribution in [3.63, 3.8) is 0 Å². The van der Waals surface area contributed by atoms with E-state index >= 15 is 0 Å². The number of nitrogens with one attached hydrogen (secondary N) is 1. The minimum Gasteiger partial charge on any atom is -0.479 e. The highest BCUT2D eigenvalue weighted by molar-refractivity contribution is 6.30. The minimum atomic E-state index is -0.681. The highest BCUT2D eigenvalue weighted by Crippen LogP contribution is 2.23. The molecule has 1 aromatic carbocycles. The van der Waals surface area contributed by atoms with Crippen molar-refractivity contribution < 1.29 is 9.53 Å². The van der Waals surface area contributed by atoms with Gasteiger partial charge in [0.2, 0.25) is 0 Å². The predicted molar refractivity (Wildman–Crippen MR) is 74.2 cm³/mol. The lowest BCUT2D eigenvalue weighted by Gasteiger charge is -2.18. The van der Waals surface area contributed by atoms with Gasteiger partial charge in [0.05, 0.1) is 5.56 Å². The third-order valence-electron chi connectivity index (χ3n) is 2.74. The average Bonchev–Trinajstić information content (AvgIpc) is 2.38. The van der Waals surface area contributed by atoms with E-state index in [2.05, 4.69) is 5.32 Å². The van der Waals surface area contributed by atoms with Crippen molar-refractivity contribution in [2.24, 2.45) is 0 Å². The Morgan fingerprint density at radius 3 is 2.79 bits per heavy atom. The number of carbonyl (C=O) groups is 1. The van der Waals surface area contributed by atoms with E-state index in [1.165, 1.54) is 6.07 Å². The number of hydrogen-bond donors (Lipinski definition) is 1. The van der Waals surface area contributed by atoms with Gasteiger partial charge in [0.1, 0.15) is 11.8 Å². The summed E-state index contributed by atoms with van der Waals surface area (Å²) in [6.07, 6.45) is 0.165. The molecule has 0 radical (unpaired) electrons. The number of nitrogens with zero attached hydrogens (tertiary/aromatic N) is 1. The first-order valence-electron chi connectivity index (χ1n) is 6.14. The molecule has 2 unspecified atom stereocenters. The van der Waals surface area contributed by atoms with Crippen molar-refractivity contribution in [1.82, 2.24) is 5.32 Å². The Kier molecular flexibility index (Phi) is 5.65. The van der Waals surface area contributed by atoms with Crippen LogP contribution in [0.5, 0.6) is 5.75 Å². The quantitative estimate of drug-likeness (QED) is 0.902. The van der Waals surface area contributed by atoms with Gasteiger partial charge in [0, 0.05) is 17.1 Å². The van der Waals surface area contributed by atoms with E-state index in [0.717, 1.165) is 6.42 Å². The van der Waals surface area contributed by atoms with Crippen LogP contribution in [-0.2, 0) is 4.79 Å². The summed E-state index contributed by atoms with van der Waals surface area (Å²) in [5.74, 6) is 0.111. The Morgan fingerprint density at radius 1 is 1.53 bits per heavy atom. The van der Waals surface area contributed by atoms with Gasteiger partial charge in [-0.05, 0) is 32.4 Å². The van der Waals surface area contributed by atoms with Crippen LogP contribution >= 0.6 is 11.6 Å². The van der Waals surface area contributed by atoms with Gasteiger partial charge >= 0.3 is 0 Å². The second-order valence-electron chi connectivity index (χ2n) is 4.33. The summed E-state index contributed by atoms with van der Waals surface area (Å²) >= 11 is 5.85. The molecule has 1 aromatic rings. The van der Waals surface area contributed by atoms with Crippen molar-refractivity contribution >= 4 is 17.5 Å². The summed E-state index contributed by atoms with van der Waals surface area (Å²) < 4.78 is 5.51. The van der Waals surface area contributed by atoms with E-state index < -0.39 is 6.10 Å². The maximum absolute atomic E-state index is 11.8. The maximum Gasteiger partial charge on any atom is 0.260 e. The molecule has 0 spiro atoms. The van der Waals surface area contributed by atoms with Gasteiger partial charge in [-0.1, -0.05) is 18.5 Å². The number of nitriles is 1. The fourth-order valence-electron chi connectivity index (χ4n) is 1.39. The molecule has 0 aliphatic rings. The second kappa shape index (κ2) is 7.01. The second-order valence-corrected chi connectivity index (χ2v) is 4.77. The van der Waals surface area contributed by atoms with Crippen molar-refractivity contribution in [3.05, 3.63) is 28.8 Å². The van der Waals surface area contributed by atoms with Crippen LogP contribution in [0, 0.1) is 11.3 Å². The summed E-state index contributed by atoms with van der Waals surface area (Å²) in [4.78, 5) is 11.8. The highest BCUT2D eigenvalue weighted by atomic mass is 35.5. The first kappa shape index (κ1) is 15.3. The molecule has 0 saturated heterocycles. The van der Waals surface area contributed by atoms with Crippen LogP contribution in [0.1, 0.15) is 32.8 Å². The zero-order chi connectivity index (χ0) is 14.4. The summed E-state index contributed by atoms with van der Waals surface area (Å²) in [6, 6.07) is 6.80. The molecule has 0 bridgehead atoms. The number of halogens is 1. The highest BCUT2D eigenvalue weighted by Gasteiger charge is 2.17. The van der Waals surface area contributed by atoms with Gasteiger partial charge in [-0.25, -0.2) is 0 Å². The largest absolute Gasteiger partial charge is 0.479 e. The van der Waals surface area contributed by atoms with Crippen molar-refractivity contribution in [3.8, 4) is 11.8 Å². The molecule has 0 heterocycles. The first-order chi connectivity index (χ1) is 8.97. The lowest BCUT2D eigenvalue weighted by molar-refractivity contribution is -0.127. The molecule has 0 fully saturated rings. The molecule has 102 valence electrons. The normalized spacial score (nSPS) is 13.2. The third-order valence-corrected chi connectivity index (χ3v) is 2.97. The van der Waals surface area contributed by atoms with Gasteiger partial charge in [-0.15, -0.1) is 0 Å². The predicted octanol–water partition coefficient (Wildman–Crippen LogP) is 2.89. The molecule has 0 saturated carbocycles. The molecule has 0 aromatic heterocycles. The lowest BCUT2D eigenvalue weighted by Crippen LogP contribution is -2.41. The molecular weight excluding hydrogens is 264 g/mol. The van der Waals surface area contributed by atoms with Gasteiger partial charge in [0.25, 0.3) is 5.91 Å². The molecule has 1 rings (SSSR count). The van der Waals surface area contributed by atoms with Crippen LogP contribution in [0.2, 0.25) is 5.02 Å². The monoisotopic (exact) mass is 280 g/mol. The molecule has 19 heavy (non-hydrogen) atoms.